The SMILES string of the molecule is COC(=O)C1=C(C)NC2=C(C(=O)CC(C)(C)C2)[C@H]1c1ccc(Cl)nc1Cl. The number of halogens is 2. The molecule has 0 bridgehead atoms. The van der Waals surface area contributed by atoms with Crippen LogP contribution in [0.2, 0.25) is 10.3 Å². The third kappa shape index (κ3) is 3.26. The molecule has 3 rings (SSSR count). The number of nitrogens with zero attached hydrogens (tertiary/aromatic N) is 1. The molecule has 138 valence electrons. The van der Waals surface area contributed by atoms with E-state index in [0.717, 1.165) is 5.70 Å². The zero-order valence-electron chi connectivity index (χ0n) is 15.1. The Balaban J connectivity index is 2.24. The number of allylic oxidation sites excluding steroid dienone is 3. The molecule has 0 amide bonds. The van der Waals surface area contributed by atoms with Crippen LogP contribution >= 0.6 is 23.2 Å². The maximum absolute atomic E-state index is 13.0. The third-order valence-corrected chi connectivity index (χ3v) is 5.31. The normalized spacial score (nSPS) is 22.1. The molecule has 1 atom stereocenters. The zero-order valence-corrected chi connectivity index (χ0v) is 16.6. The highest BCUT2D eigenvalue weighted by Gasteiger charge is 2.43. The molecule has 0 radical (unpaired) electrons. The molecule has 2 aliphatic rings. The fourth-order valence-electron chi connectivity index (χ4n) is 3.77. The molecule has 1 N–H and O–H groups in total. The van der Waals surface area contributed by atoms with Crippen molar-refractivity contribution in [1.82, 2.24) is 10.3 Å². The van der Waals surface area contributed by atoms with Crippen LogP contribution in [-0.2, 0) is 14.3 Å². The van der Waals surface area contributed by atoms with Crippen LogP contribution in [-0.4, -0.2) is 23.8 Å². The predicted octanol–water partition coefficient (Wildman–Crippen LogP) is 4.17. The summed E-state index contributed by atoms with van der Waals surface area (Å²) in [6, 6.07) is 3.31. The second-order valence-corrected chi connectivity index (χ2v) is 8.18. The minimum Gasteiger partial charge on any atom is -0.466 e. The molecule has 0 saturated heterocycles. The van der Waals surface area contributed by atoms with Gasteiger partial charge in [-0.1, -0.05) is 43.1 Å². The quantitative estimate of drug-likeness (QED) is 0.602. The predicted molar refractivity (Wildman–Crippen MR) is 99.9 cm³/mol. The maximum Gasteiger partial charge on any atom is 0.336 e. The molecule has 0 saturated carbocycles. The van der Waals surface area contributed by atoms with E-state index in [1.165, 1.54) is 7.11 Å². The first-order valence-corrected chi connectivity index (χ1v) is 9.04. The molecule has 0 unspecified atom stereocenters. The second kappa shape index (κ2) is 6.71. The summed E-state index contributed by atoms with van der Waals surface area (Å²) in [5, 5.41) is 3.67. The van der Waals surface area contributed by atoms with Crippen molar-refractivity contribution in [2.24, 2.45) is 5.41 Å². The van der Waals surface area contributed by atoms with Crippen molar-refractivity contribution in [2.45, 2.75) is 39.5 Å². The van der Waals surface area contributed by atoms with E-state index in [4.69, 9.17) is 27.9 Å². The summed E-state index contributed by atoms with van der Waals surface area (Å²) in [6.07, 6.45) is 1.10. The van der Waals surface area contributed by atoms with E-state index < -0.39 is 11.9 Å². The maximum atomic E-state index is 13.0. The number of hydrogen-bond acceptors (Lipinski definition) is 5. The van der Waals surface area contributed by atoms with Gasteiger partial charge in [0.25, 0.3) is 0 Å². The second-order valence-electron chi connectivity index (χ2n) is 7.44. The van der Waals surface area contributed by atoms with Gasteiger partial charge < -0.3 is 10.1 Å². The molecule has 1 aliphatic heterocycles. The minimum absolute atomic E-state index is 0.00586. The molecule has 0 spiro atoms. The fraction of sp³-hybridized carbons (Fsp3) is 0.421. The molecule has 0 fully saturated rings. The third-order valence-electron chi connectivity index (χ3n) is 4.80. The Morgan fingerprint density at radius 1 is 1.31 bits per heavy atom. The molecular formula is C19H20Cl2N2O3. The summed E-state index contributed by atoms with van der Waals surface area (Å²) < 4.78 is 4.97. The highest BCUT2D eigenvalue weighted by molar-refractivity contribution is 6.33. The number of aromatic nitrogens is 1. The number of esters is 1. The van der Waals surface area contributed by atoms with Gasteiger partial charge in [0.2, 0.25) is 0 Å². The van der Waals surface area contributed by atoms with Crippen molar-refractivity contribution < 1.29 is 14.3 Å². The van der Waals surface area contributed by atoms with Gasteiger partial charge in [-0.25, -0.2) is 9.78 Å². The van der Waals surface area contributed by atoms with Crippen LogP contribution in [0.4, 0.5) is 0 Å². The number of pyridine rings is 1. The Morgan fingerprint density at radius 3 is 2.62 bits per heavy atom. The van der Waals surface area contributed by atoms with Crippen molar-refractivity contribution in [1.29, 1.82) is 0 Å². The monoisotopic (exact) mass is 394 g/mol. The average Bonchev–Trinajstić information content (AvgIpc) is 2.51. The van der Waals surface area contributed by atoms with Crippen LogP contribution < -0.4 is 5.32 Å². The van der Waals surface area contributed by atoms with Crippen molar-refractivity contribution in [2.75, 3.05) is 7.11 Å². The Kier molecular flexibility index (Phi) is 4.88. The van der Waals surface area contributed by atoms with Gasteiger partial charge >= 0.3 is 5.97 Å². The molecule has 1 aliphatic carbocycles. The van der Waals surface area contributed by atoms with Gasteiger partial charge in [-0.05, 0) is 24.8 Å². The Morgan fingerprint density at radius 2 is 2.00 bits per heavy atom. The van der Waals surface area contributed by atoms with E-state index in [1.807, 2.05) is 0 Å². The van der Waals surface area contributed by atoms with Gasteiger partial charge in [-0.15, -0.1) is 0 Å². The van der Waals surface area contributed by atoms with E-state index in [9.17, 15) is 9.59 Å². The van der Waals surface area contributed by atoms with E-state index in [-0.39, 0.29) is 21.5 Å². The number of carbonyl (C=O) groups excluding carboxylic acids is 2. The Hall–Kier alpha value is -1.85. The van der Waals surface area contributed by atoms with Gasteiger partial charge in [0.1, 0.15) is 10.3 Å². The van der Waals surface area contributed by atoms with E-state index in [0.29, 0.717) is 35.2 Å². The molecule has 1 aromatic rings. The standard InChI is InChI=1S/C19H20Cl2N2O3/c1-9-14(18(25)26-4)15(10-5-6-13(20)23-17(10)21)16-11(22-9)7-19(2,3)8-12(16)24/h5-6,15,22H,7-8H2,1-4H3/t15-/m0/s1. The number of hydrogen-bond donors (Lipinski definition) is 1. The van der Waals surface area contributed by atoms with Gasteiger partial charge in [-0.3, -0.25) is 4.79 Å². The molecule has 7 heteroatoms. The minimum atomic E-state index is -0.625. The van der Waals surface area contributed by atoms with Crippen molar-refractivity contribution in [3.63, 3.8) is 0 Å². The van der Waals surface area contributed by atoms with E-state index in [1.54, 1.807) is 19.1 Å². The van der Waals surface area contributed by atoms with Crippen molar-refractivity contribution in [3.8, 4) is 0 Å². The van der Waals surface area contributed by atoms with Crippen molar-refractivity contribution >= 4 is 35.0 Å². The number of carbonyl (C=O) groups is 2. The number of methoxy groups -OCH3 is 1. The van der Waals surface area contributed by atoms with Crippen molar-refractivity contribution in [3.05, 3.63) is 50.5 Å². The summed E-state index contributed by atoms with van der Waals surface area (Å²) in [7, 11) is 1.32. The number of dihydropyridines is 1. The number of rotatable bonds is 2. The van der Waals surface area contributed by atoms with Gasteiger partial charge in [0.05, 0.1) is 18.6 Å². The lowest BCUT2D eigenvalue weighted by molar-refractivity contribution is -0.136. The van der Waals surface area contributed by atoms with Crippen LogP contribution in [0, 0.1) is 5.41 Å². The number of ketones is 1. The lowest BCUT2D eigenvalue weighted by Gasteiger charge is -2.39. The Labute approximate surface area is 162 Å². The lowest BCUT2D eigenvalue weighted by Crippen LogP contribution is -2.38. The Bertz CT molecular complexity index is 872. The molecule has 0 aromatic carbocycles. The lowest BCUT2D eigenvalue weighted by atomic mass is 9.69. The van der Waals surface area contributed by atoms with Crippen LogP contribution in [0.25, 0.3) is 0 Å². The smallest absolute Gasteiger partial charge is 0.336 e. The first kappa shape index (κ1) is 18.9. The number of ether oxygens (including phenoxy) is 1. The molecule has 26 heavy (non-hydrogen) atoms. The highest BCUT2D eigenvalue weighted by Crippen LogP contribution is 2.47. The molecule has 2 heterocycles. The first-order valence-electron chi connectivity index (χ1n) is 8.29. The molecule has 1 aromatic heterocycles. The van der Waals surface area contributed by atoms with Gasteiger partial charge in [0.15, 0.2) is 5.78 Å². The first-order chi connectivity index (χ1) is 12.1. The summed E-state index contributed by atoms with van der Waals surface area (Å²) >= 11 is 12.3. The molecule has 5 nitrogen and oxygen atoms in total. The summed E-state index contributed by atoms with van der Waals surface area (Å²) in [5.74, 6) is -1.14. The van der Waals surface area contributed by atoms with Crippen LogP contribution in [0.3, 0.4) is 0 Å². The van der Waals surface area contributed by atoms with Crippen LogP contribution in [0.1, 0.15) is 45.1 Å². The summed E-state index contributed by atoms with van der Waals surface area (Å²) in [5.41, 5.74) is 2.81. The average molecular weight is 395 g/mol. The topological polar surface area (TPSA) is 68.3 Å². The largest absolute Gasteiger partial charge is 0.466 e. The van der Waals surface area contributed by atoms with Crippen LogP contribution in [0.15, 0.2) is 34.7 Å². The van der Waals surface area contributed by atoms with Gasteiger partial charge in [0, 0.05) is 29.0 Å². The highest BCUT2D eigenvalue weighted by atomic mass is 35.5. The summed E-state index contributed by atoms with van der Waals surface area (Å²) in [4.78, 5) is 29.6. The van der Waals surface area contributed by atoms with Gasteiger partial charge in [-0.2, -0.15) is 0 Å². The summed E-state index contributed by atoms with van der Waals surface area (Å²) in [6.45, 7) is 5.90. The van der Waals surface area contributed by atoms with E-state index in [2.05, 4.69) is 24.1 Å². The fourth-order valence-corrected chi connectivity index (χ4v) is 4.22. The number of nitrogens with one attached hydrogen (secondary N) is 1. The van der Waals surface area contributed by atoms with E-state index >= 15 is 0 Å². The van der Waals surface area contributed by atoms with Crippen LogP contribution in [0.5, 0.6) is 0 Å². The number of Topliss-reactive ketones (excluding diaryl/α,β-unsaturated/α-hetero) is 1. The molecular weight excluding hydrogens is 375 g/mol. The zero-order chi connectivity index (χ0) is 19.2.